The highest BCUT2D eigenvalue weighted by Gasteiger charge is 2.08. The minimum atomic E-state index is 0.657. The summed E-state index contributed by atoms with van der Waals surface area (Å²) in [4.78, 5) is 10.7. The molecule has 0 radical (unpaired) electrons. The number of pyridine rings is 1. The molecule has 3 rings (SSSR count). The average molecular weight is 344 g/mol. The lowest BCUT2D eigenvalue weighted by atomic mass is 10.2. The van der Waals surface area contributed by atoms with E-state index in [1.54, 1.807) is 6.20 Å². The van der Waals surface area contributed by atoms with Gasteiger partial charge in [0.05, 0.1) is 0 Å². The zero-order valence-electron chi connectivity index (χ0n) is 11.7. The van der Waals surface area contributed by atoms with Gasteiger partial charge in [0.1, 0.15) is 4.60 Å². The molecule has 0 amide bonds. The molecule has 3 aromatic rings. The molecule has 0 spiro atoms. The standard InChI is InChI=1S/C15H14BrN5/c1-21(2)12-5-3-10(4-6-12)14-18-15(20-19-14)11-7-8-17-13(16)9-11/h3-9H,1-2H3,(H,18,19,20). The molecular weight excluding hydrogens is 330 g/mol. The summed E-state index contributed by atoms with van der Waals surface area (Å²) >= 11 is 3.35. The van der Waals surface area contributed by atoms with Gasteiger partial charge in [0.25, 0.3) is 0 Å². The molecule has 0 saturated carbocycles. The summed E-state index contributed by atoms with van der Waals surface area (Å²) in [6, 6.07) is 11.9. The van der Waals surface area contributed by atoms with Gasteiger partial charge in [-0.05, 0) is 52.3 Å². The van der Waals surface area contributed by atoms with Crippen molar-refractivity contribution in [3.63, 3.8) is 0 Å². The molecule has 0 unspecified atom stereocenters. The summed E-state index contributed by atoms with van der Waals surface area (Å²) in [5.74, 6) is 1.41. The smallest absolute Gasteiger partial charge is 0.181 e. The van der Waals surface area contributed by atoms with E-state index in [9.17, 15) is 0 Å². The molecule has 2 aromatic heterocycles. The number of rotatable bonds is 3. The maximum Gasteiger partial charge on any atom is 0.181 e. The number of aromatic nitrogens is 4. The molecule has 106 valence electrons. The lowest BCUT2D eigenvalue weighted by molar-refractivity contribution is 1.10. The summed E-state index contributed by atoms with van der Waals surface area (Å²) in [7, 11) is 4.03. The van der Waals surface area contributed by atoms with E-state index >= 15 is 0 Å². The Morgan fingerprint density at radius 2 is 1.81 bits per heavy atom. The van der Waals surface area contributed by atoms with Crippen LogP contribution in [0.1, 0.15) is 0 Å². The van der Waals surface area contributed by atoms with Crippen LogP contribution in [0.2, 0.25) is 0 Å². The number of nitrogens with one attached hydrogen (secondary N) is 1. The fourth-order valence-corrected chi connectivity index (χ4v) is 2.34. The van der Waals surface area contributed by atoms with Gasteiger partial charge in [-0.1, -0.05) is 0 Å². The first kappa shape index (κ1) is 13.8. The predicted molar refractivity (Wildman–Crippen MR) is 87.1 cm³/mol. The topological polar surface area (TPSA) is 57.7 Å². The van der Waals surface area contributed by atoms with Crippen molar-refractivity contribution in [2.24, 2.45) is 0 Å². The molecule has 1 aromatic carbocycles. The molecule has 0 aliphatic rings. The first-order valence-corrected chi connectivity index (χ1v) is 7.25. The van der Waals surface area contributed by atoms with Crippen molar-refractivity contribution < 1.29 is 0 Å². The highest BCUT2D eigenvalue weighted by atomic mass is 79.9. The molecule has 0 aliphatic carbocycles. The summed E-state index contributed by atoms with van der Waals surface area (Å²) < 4.78 is 0.765. The summed E-state index contributed by atoms with van der Waals surface area (Å²) in [5, 5.41) is 7.24. The van der Waals surface area contributed by atoms with Crippen molar-refractivity contribution in [2.45, 2.75) is 0 Å². The Balaban J connectivity index is 1.91. The van der Waals surface area contributed by atoms with E-state index in [2.05, 4.69) is 53.1 Å². The number of benzene rings is 1. The SMILES string of the molecule is CN(C)c1ccc(-c2nc(-c3ccnc(Br)c3)n[nH]2)cc1. The lowest BCUT2D eigenvalue weighted by Crippen LogP contribution is -2.07. The molecule has 0 bridgehead atoms. The number of halogens is 1. The van der Waals surface area contributed by atoms with Crippen LogP contribution >= 0.6 is 15.9 Å². The number of H-pyrrole nitrogens is 1. The molecule has 0 fully saturated rings. The van der Waals surface area contributed by atoms with E-state index in [0.717, 1.165) is 27.2 Å². The van der Waals surface area contributed by atoms with Crippen molar-refractivity contribution in [1.82, 2.24) is 20.2 Å². The first-order valence-electron chi connectivity index (χ1n) is 6.45. The number of aromatic amines is 1. The van der Waals surface area contributed by atoms with Gasteiger partial charge < -0.3 is 4.90 Å². The van der Waals surface area contributed by atoms with Crippen LogP contribution in [0.3, 0.4) is 0 Å². The van der Waals surface area contributed by atoms with Crippen molar-refractivity contribution >= 4 is 21.6 Å². The minimum Gasteiger partial charge on any atom is -0.378 e. The Hall–Kier alpha value is -2.21. The fourth-order valence-electron chi connectivity index (χ4n) is 1.98. The van der Waals surface area contributed by atoms with E-state index in [4.69, 9.17) is 0 Å². The molecule has 6 heteroatoms. The second-order valence-electron chi connectivity index (χ2n) is 4.82. The van der Waals surface area contributed by atoms with Crippen molar-refractivity contribution in [2.75, 3.05) is 19.0 Å². The highest BCUT2D eigenvalue weighted by molar-refractivity contribution is 9.10. The number of nitrogens with zero attached hydrogens (tertiary/aromatic N) is 4. The minimum absolute atomic E-state index is 0.657. The van der Waals surface area contributed by atoms with Crippen LogP contribution in [0.5, 0.6) is 0 Å². The highest BCUT2D eigenvalue weighted by Crippen LogP contribution is 2.23. The zero-order chi connectivity index (χ0) is 14.8. The van der Waals surface area contributed by atoms with Crippen LogP contribution in [0.4, 0.5) is 5.69 Å². The van der Waals surface area contributed by atoms with Gasteiger partial charge in [-0.2, -0.15) is 5.10 Å². The molecule has 1 N–H and O–H groups in total. The van der Waals surface area contributed by atoms with Gasteiger partial charge in [-0.15, -0.1) is 0 Å². The summed E-state index contributed by atoms with van der Waals surface area (Å²) in [6.45, 7) is 0. The van der Waals surface area contributed by atoms with Gasteiger partial charge in [0.15, 0.2) is 11.6 Å². The fraction of sp³-hybridized carbons (Fsp3) is 0.133. The molecule has 0 saturated heterocycles. The van der Waals surface area contributed by atoms with E-state index < -0.39 is 0 Å². The van der Waals surface area contributed by atoms with Gasteiger partial charge in [0.2, 0.25) is 0 Å². The molecule has 0 atom stereocenters. The second kappa shape index (κ2) is 5.65. The Bertz CT molecular complexity index is 749. The molecule has 0 aliphatic heterocycles. The zero-order valence-corrected chi connectivity index (χ0v) is 13.3. The molecule has 5 nitrogen and oxygen atoms in total. The Kier molecular flexibility index (Phi) is 3.70. The Morgan fingerprint density at radius 3 is 2.48 bits per heavy atom. The van der Waals surface area contributed by atoms with Crippen LogP contribution in [0.25, 0.3) is 22.8 Å². The monoisotopic (exact) mass is 343 g/mol. The average Bonchev–Trinajstić information content (AvgIpc) is 2.97. The van der Waals surface area contributed by atoms with Gasteiger partial charge in [-0.3, -0.25) is 5.10 Å². The van der Waals surface area contributed by atoms with Crippen molar-refractivity contribution in [3.05, 3.63) is 47.2 Å². The normalized spacial score (nSPS) is 10.6. The van der Waals surface area contributed by atoms with E-state index in [1.807, 2.05) is 38.4 Å². The Labute approximate surface area is 131 Å². The Morgan fingerprint density at radius 1 is 1.05 bits per heavy atom. The predicted octanol–water partition coefficient (Wildman–Crippen LogP) is 3.36. The maximum absolute atomic E-state index is 4.54. The van der Waals surface area contributed by atoms with Crippen LogP contribution in [0.15, 0.2) is 47.2 Å². The van der Waals surface area contributed by atoms with Crippen molar-refractivity contribution in [1.29, 1.82) is 0 Å². The third-order valence-electron chi connectivity index (χ3n) is 3.13. The largest absolute Gasteiger partial charge is 0.378 e. The van der Waals surface area contributed by atoms with Crippen LogP contribution in [0, 0.1) is 0 Å². The van der Waals surface area contributed by atoms with Gasteiger partial charge in [-0.25, -0.2) is 9.97 Å². The van der Waals surface area contributed by atoms with Gasteiger partial charge >= 0.3 is 0 Å². The summed E-state index contributed by atoms with van der Waals surface area (Å²) in [5.41, 5.74) is 3.08. The van der Waals surface area contributed by atoms with Gasteiger partial charge in [0, 0.05) is 37.1 Å². The quantitative estimate of drug-likeness (QED) is 0.740. The van der Waals surface area contributed by atoms with E-state index in [-0.39, 0.29) is 0 Å². The maximum atomic E-state index is 4.54. The second-order valence-corrected chi connectivity index (χ2v) is 5.63. The van der Waals surface area contributed by atoms with Crippen LogP contribution in [-0.2, 0) is 0 Å². The van der Waals surface area contributed by atoms with Crippen LogP contribution in [-0.4, -0.2) is 34.3 Å². The molecular formula is C15H14BrN5. The molecule has 21 heavy (non-hydrogen) atoms. The summed E-state index contributed by atoms with van der Waals surface area (Å²) in [6.07, 6.45) is 1.72. The number of hydrogen-bond donors (Lipinski definition) is 1. The van der Waals surface area contributed by atoms with E-state index in [0.29, 0.717) is 5.82 Å². The lowest BCUT2D eigenvalue weighted by Gasteiger charge is -2.11. The number of hydrogen-bond acceptors (Lipinski definition) is 4. The number of anilines is 1. The third kappa shape index (κ3) is 2.95. The molecule has 2 heterocycles. The first-order chi connectivity index (χ1) is 10.1. The third-order valence-corrected chi connectivity index (χ3v) is 3.56. The van der Waals surface area contributed by atoms with Crippen LogP contribution < -0.4 is 4.90 Å². The van der Waals surface area contributed by atoms with Crippen molar-refractivity contribution in [3.8, 4) is 22.8 Å². The van der Waals surface area contributed by atoms with E-state index in [1.165, 1.54) is 0 Å².